The Morgan fingerprint density at radius 3 is 2.50 bits per heavy atom. The number of aryl methyl sites for hydroxylation is 2. The van der Waals surface area contributed by atoms with Crippen LogP contribution in [-0.4, -0.2) is 39.8 Å². The number of aromatic hydroxyl groups is 1. The molecule has 3 aromatic carbocycles. The van der Waals surface area contributed by atoms with Crippen LogP contribution >= 0.6 is 23.2 Å². The number of ether oxygens (including phenoxy) is 1. The molecule has 184 valence electrons. The molecule has 2 heterocycles. The first kappa shape index (κ1) is 24.2. The highest BCUT2D eigenvalue weighted by atomic mass is 35.5. The van der Waals surface area contributed by atoms with E-state index in [-0.39, 0.29) is 11.7 Å². The highest BCUT2D eigenvalue weighted by Crippen LogP contribution is 2.46. The number of carbonyl (C=O) groups is 1. The summed E-state index contributed by atoms with van der Waals surface area (Å²) in [5.41, 5.74) is 5.89. The van der Waals surface area contributed by atoms with Crippen LogP contribution in [0.1, 0.15) is 44.3 Å². The molecule has 2 N–H and O–H groups in total. The summed E-state index contributed by atoms with van der Waals surface area (Å²) >= 11 is 12.6. The Kier molecular flexibility index (Phi) is 6.41. The molecule has 1 atom stereocenters. The lowest BCUT2D eigenvalue weighted by atomic mass is 9.94. The average molecular weight is 522 g/mol. The Bertz CT molecular complexity index is 1460. The highest BCUT2D eigenvalue weighted by Gasteiger charge is 2.42. The van der Waals surface area contributed by atoms with Gasteiger partial charge in [-0.05, 0) is 72.9 Å². The highest BCUT2D eigenvalue weighted by molar-refractivity contribution is 6.42. The molecule has 1 aliphatic rings. The summed E-state index contributed by atoms with van der Waals surface area (Å²) in [6, 6.07) is 16.5. The second kappa shape index (κ2) is 9.52. The summed E-state index contributed by atoms with van der Waals surface area (Å²) in [7, 11) is 1.63. The van der Waals surface area contributed by atoms with Crippen molar-refractivity contribution in [3.63, 3.8) is 0 Å². The lowest BCUT2D eigenvalue weighted by molar-refractivity contribution is 0.0746. The summed E-state index contributed by atoms with van der Waals surface area (Å²) in [4.78, 5) is 15.4. The number of nitrogens with one attached hydrogen (secondary N) is 1. The number of hydrogen-bond acceptors (Lipinski definition) is 4. The monoisotopic (exact) mass is 521 g/mol. The quantitative estimate of drug-likeness (QED) is 0.303. The van der Waals surface area contributed by atoms with Gasteiger partial charge in [-0.25, -0.2) is 0 Å². The van der Waals surface area contributed by atoms with Gasteiger partial charge in [-0.1, -0.05) is 47.5 Å². The van der Waals surface area contributed by atoms with Gasteiger partial charge in [0, 0.05) is 17.7 Å². The molecule has 6 nitrogen and oxygen atoms in total. The van der Waals surface area contributed by atoms with Crippen LogP contribution in [0.3, 0.4) is 0 Å². The van der Waals surface area contributed by atoms with Crippen LogP contribution in [-0.2, 0) is 6.42 Å². The minimum atomic E-state index is -0.450. The smallest absolute Gasteiger partial charge is 0.273 e. The first-order valence-electron chi connectivity index (χ1n) is 11.6. The molecule has 0 spiro atoms. The van der Waals surface area contributed by atoms with E-state index >= 15 is 0 Å². The van der Waals surface area contributed by atoms with Crippen molar-refractivity contribution in [2.24, 2.45) is 0 Å². The number of methoxy groups -OCH3 is 1. The number of nitrogens with zero attached hydrogens (tertiary/aromatic N) is 2. The molecule has 1 aromatic heterocycles. The Balaban J connectivity index is 1.60. The predicted molar refractivity (Wildman–Crippen MR) is 141 cm³/mol. The SMILES string of the molecule is COc1ccc(CCN2C(=O)c3[nH]nc(-c4cc(C)cc(C)c4O)c3C2c2ccc(Cl)c(Cl)c2)cc1. The third-order valence-corrected chi connectivity index (χ3v) is 7.36. The zero-order valence-electron chi connectivity index (χ0n) is 20.1. The fourth-order valence-corrected chi connectivity index (χ4v) is 5.15. The van der Waals surface area contributed by atoms with Gasteiger partial charge in [0.05, 0.1) is 23.2 Å². The van der Waals surface area contributed by atoms with Crippen molar-refractivity contribution in [3.05, 3.63) is 98.2 Å². The first-order valence-corrected chi connectivity index (χ1v) is 12.3. The number of halogens is 2. The maximum atomic E-state index is 13.6. The molecule has 1 amide bonds. The fourth-order valence-electron chi connectivity index (χ4n) is 4.84. The number of aromatic amines is 1. The fraction of sp³-hybridized carbons (Fsp3) is 0.214. The zero-order valence-corrected chi connectivity index (χ0v) is 21.6. The van der Waals surface area contributed by atoms with Crippen molar-refractivity contribution in [2.45, 2.75) is 26.3 Å². The molecule has 0 radical (unpaired) electrons. The molecular formula is C28H25Cl2N3O3. The van der Waals surface area contributed by atoms with E-state index in [4.69, 9.17) is 27.9 Å². The molecule has 36 heavy (non-hydrogen) atoms. The maximum Gasteiger partial charge on any atom is 0.273 e. The minimum absolute atomic E-state index is 0.145. The Hall–Kier alpha value is -3.48. The summed E-state index contributed by atoms with van der Waals surface area (Å²) in [6.07, 6.45) is 0.648. The van der Waals surface area contributed by atoms with Crippen molar-refractivity contribution in [3.8, 4) is 22.8 Å². The van der Waals surface area contributed by atoms with Crippen molar-refractivity contribution in [2.75, 3.05) is 13.7 Å². The molecule has 1 unspecified atom stereocenters. The lowest BCUT2D eigenvalue weighted by Gasteiger charge is -2.27. The Morgan fingerprint density at radius 2 is 1.81 bits per heavy atom. The van der Waals surface area contributed by atoms with Crippen LogP contribution < -0.4 is 4.74 Å². The molecule has 8 heteroatoms. The van der Waals surface area contributed by atoms with Gasteiger partial charge in [0.1, 0.15) is 22.9 Å². The number of phenolic OH excluding ortho intramolecular Hbond substituents is 1. The van der Waals surface area contributed by atoms with Crippen molar-refractivity contribution < 1.29 is 14.6 Å². The lowest BCUT2D eigenvalue weighted by Crippen LogP contribution is -2.31. The van der Waals surface area contributed by atoms with E-state index in [2.05, 4.69) is 10.2 Å². The van der Waals surface area contributed by atoms with Gasteiger partial charge in [0.25, 0.3) is 5.91 Å². The van der Waals surface area contributed by atoms with E-state index in [9.17, 15) is 9.90 Å². The number of H-pyrrole nitrogens is 1. The van der Waals surface area contributed by atoms with Gasteiger partial charge >= 0.3 is 0 Å². The molecule has 0 bridgehead atoms. The number of aromatic nitrogens is 2. The predicted octanol–water partition coefficient (Wildman–Crippen LogP) is 6.50. The molecule has 1 aliphatic heterocycles. The van der Waals surface area contributed by atoms with Gasteiger partial charge in [0.2, 0.25) is 0 Å². The van der Waals surface area contributed by atoms with E-state index in [0.717, 1.165) is 28.0 Å². The van der Waals surface area contributed by atoms with Gasteiger partial charge in [-0.15, -0.1) is 0 Å². The van der Waals surface area contributed by atoms with Crippen LogP contribution in [0.15, 0.2) is 54.6 Å². The standard InChI is InChI=1S/C28H25Cl2N3O3/c1-15-12-16(2)27(34)20(13-15)24-23-25(32-31-24)28(35)33(11-10-17-4-7-19(36-3)8-5-17)26(23)18-6-9-21(29)22(30)14-18/h4-9,12-14,26,34H,10-11H2,1-3H3,(H,31,32). The molecule has 0 aliphatic carbocycles. The summed E-state index contributed by atoms with van der Waals surface area (Å²) in [6.45, 7) is 4.28. The zero-order chi connectivity index (χ0) is 25.6. The number of carbonyl (C=O) groups excluding carboxylic acids is 1. The summed E-state index contributed by atoms with van der Waals surface area (Å²) in [5.74, 6) is 0.771. The second-order valence-electron chi connectivity index (χ2n) is 9.01. The van der Waals surface area contributed by atoms with E-state index in [1.807, 2.05) is 61.2 Å². The van der Waals surface area contributed by atoms with Gasteiger partial charge < -0.3 is 14.7 Å². The van der Waals surface area contributed by atoms with E-state index in [0.29, 0.717) is 45.5 Å². The van der Waals surface area contributed by atoms with E-state index in [1.165, 1.54) is 0 Å². The molecule has 4 aromatic rings. The van der Waals surface area contributed by atoms with Crippen molar-refractivity contribution >= 4 is 29.1 Å². The van der Waals surface area contributed by atoms with Crippen LogP contribution in [0, 0.1) is 13.8 Å². The van der Waals surface area contributed by atoms with Crippen LogP contribution in [0.4, 0.5) is 0 Å². The third-order valence-electron chi connectivity index (χ3n) is 6.62. The van der Waals surface area contributed by atoms with Gasteiger partial charge in [0.15, 0.2) is 0 Å². The Labute approximate surface area is 219 Å². The average Bonchev–Trinajstić information content (AvgIpc) is 3.41. The molecule has 0 fully saturated rings. The van der Waals surface area contributed by atoms with E-state index < -0.39 is 6.04 Å². The summed E-state index contributed by atoms with van der Waals surface area (Å²) in [5, 5.41) is 19.2. The first-order chi connectivity index (χ1) is 17.3. The largest absolute Gasteiger partial charge is 0.507 e. The summed E-state index contributed by atoms with van der Waals surface area (Å²) < 4.78 is 5.25. The van der Waals surface area contributed by atoms with Crippen LogP contribution in [0.2, 0.25) is 10.0 Å². The van der Waals surface area contributed by atoms with E-state index in [1.54, 1.807) is 19.2 Å². The molecule has 0 saturated heterocycles. The van der Waals surface area contributed by atoms with Crippen LogP contribution in [0.25, 0.3) is 11.3 Å². The second-order valence-corrected chi connectivity index (χ2v) is 9.83. The number of fused-ring (bicyclic) bond motifs is 1. The third kappa shape index (κ3) is 4.21. The number of rotatable bonds is 6. The normalized spacial score (nSPS) is 14.9. The number of phenols is 1. The maximum absolute atomic E-state index is 13.6. The van der Waals surface area contributed by atoms with Crippen molar-refractivity contribution in [1.82, 2.24) is 15.1 Å². The molecule has 5 rings (SSSR count). The molecule has 0 saturated carbocycles. The topological polar surface area (TPSA) is 78.5 Å². The number of hydrogen-bond donors (Lipinski definition) is 2. The number of benzene rings is 3. The van der Waals surface area contributed by atoms with Gasteiger partial charge in [-0.3, -0.25) is 9.89 Å². The Morgan fingerprint density at radius 1 is 1.06 bits per heavy atom. The van der Waals surface area contributed by atoms with Gasteiger partial charge in [-0.2, -0.15) is 5.10 Å². The van der Waals surface area contributed by atoms with Crippen LogP contribution in [0.5, 0.6) is 11.5 Å². The minimum Gasteiger partial charge on any atom is -0.507 e. The van der Waals surface area contributed by atoms with Crippen molar-refractivity contribution in [1.29, 1.82) is 0 Å². The number of amides is 1. The molecular weight excluding hydrogens is 497 g/mol.